The van der Waals surface area contributed by atoms with Crippen LogP contribution in [0.5, 0.6) is 0 Å². The third kappa shape index (κ3) is 4.31. The highest BCUT2D eigenvalue weighted by Gasteiger charge is 2.21. The molecule has 1 unspecified atom stereocenters. The quantitative estimate of drug-likeness (QED) is 0.356. The largest absolute Gasteiger partial charge is 0.409 e. The molecule has 4 nitrogen and oxygen atoms in total. The molecule has 0 bridgehead atoms. The van der Waals surface area contributed by atoms with Crippen molar-refractivity contribution in [3.05, 3.63) is 58.3 Å². The Morgan fingerprint density at radius 1 is 1.29 bits per heavy atom. The minimum absolute atomic E-state index is 0.106. The fourth-order valence-corrected chi connectivity index (χ4v) is 3.15. The second kappa shape index (κ2) is 7.81. The van der Waals surface area contributed by atoms with Crippen LogP contribution in [0, 0.1) is 0 Å². The van der Waals surface area contributed by atoms with E-state index in [1.54, 1.807) is 11.3 Å². The highest BCUT2D eigenvalue weighted by Crippen LogP contribution is 2.27. The summed E-state index contributed by atoms with van der Waals surface area (Å²) in [7, 11) is 0. The highest BCUT2D eigenvalue weighted by molar-refractivity contribution is 7.09. The Labute approximate surface area is 129 Å². The third-order valence-corrected chi connectivity index (χ3v) is 4.36. The molecule has 1 aromatic carbocycles. The van der Waals surface area contributed by atoms with Crippen LogP contribution in [0.15, 0.2) is 53.0 Å². The van der Waals surface area contributed by atoms with Crippen molar-refractivity contribution in [3.63, 3.8) is 0 Å². The van der Waals surface area contributed by atoms with Crippen molar-refractivity contribution in [1.29, 1.82) is 0 Å². The number of nitrogens with zero attached hydrogens (tertiary/aromatic N) is 2. The lowest BCUT2D eigenvalue weighted by Crippen LogP contribution is -2.31. The van der Waals surface area contributed by atoms with Gasteiger partial charge in [-0.05, 0) is 23.6 Å². The van der Waals surface area contributed by atoms with Gasteiger partial charge in [-0.3, -0.25) is 4.90 Å². The van der Waals surface area contributed by atoms with Crippen molar-refractivity contribution in [1.82, 2.24) is 4.90 Å². The van der Waals surface area contributed by atoms with Crippen LogP contribution in [0.25, 0.3) is 0 Å². The van der Waals surface area contributed by atoms with E-state index in [2.05, 4.69) is 46.6 Å². The first-order valence-corrected chi connectivity index (χ1v) is 7.90. The monoisotopic (exact) mass is 303 g/mol. The van der Waals surface area contributed by atoms with Gasteiger partial charge in [-0.1, -0.05) is 48.5 Å². The fourth-order valence-electron chi connectivity index (χ4n) is 2.42. The van der Waals surface area contributed by atoms with E-state index in [-0.39, 0.29) is 11.9 Å². The summed E-state index contributed by atoms with van der Waals surface area (Å²) < 4.78 is 0. The Bertz CT molecular complexity index is 554. The zero-order valence-corrected chi connectivity index (χ0v) is 13.0. The van der Waals surface area contributed by atoms with Gasteiger partial charge in [-0.25, -0.2) is 0 Å². The summed E-state index contributed by atoms with van der Waals surface area (Å²) in [5.41, 5.74) is 6.94. The fraction of sp³-hybridized carbons (Fsp3) is 0.312. The van der Waals surface area contributed by atoms with Crippen LogP contribution in [0.1, 0.15) is 29.8 Å². The molecular formula is C16H21N3OS. The van der Waals surface area contributed by atoms with Gasteiger partial charge < -0.3 is 10.9 Å². The summed E-state index contributed by atoms with van der Waals surface area (Å²) in [6, 6.07) is 14.5. The van der Waals surface area contributed by atoms with Crippen molar-refractivity contribution in [2.24, 2.45) is 10.9 Å². The first kappa shape index (κ1) is 15.5. The molecule has 3 N–H and O–H groups in total. The predicted octanol–water partition coefficient (Wildman–Crippen LogP) is 3.45. The smallest absolute Gasteiger partial charge is 0.141 e. The second-order valence-electron chi connectivity index (χ2n) is 4.86. The van der Waals surface area contributed by atoms with Gasteiger partial charge in [0.25, 0.3) is 0 Å². The van der Waals surface area contributed by atoms with Crippen LogP contribution < -0.4 is 5.73 Å². The molecule has 5 heteroatoms. The molecule has 112 valence electrons. The average molecular weight is 303 g/mol. The minimum Gasteiger partial charge on any atom is -0.409 e. The number of rotatable bonds is 7. The van der Waals surface area contributed by atoms with Crippen molar-refractivity contribution in [2.45, 2.75) is 25.9 Å². The summed E-state index contributed by atoms with van der Waals surface area (Å²) in [4.78, 5) is 3.66. The Hall–Kier alpha value is -1.85. The maximum atomic E-state index is 8.89. The Morgan fingerprint density at radius 2 is 2.05 bits per heavy atom. The van der Waals surface area contributed by atoms with Crippen molar-refractivity contribution < 1.29 is 5.21 Å². The van der Waals surface area contributed by atoms with Crippen LogP contribution in [0.4, 0.5) is 0 Å². The summed E-state index contributed by atoms with van der Waals surface area (Å²) >= 11 is 1.75. The Balaban J connectivity index is 2.23. The lowest BCUT2D eigenvalue weighted by Gasteiger charge is -2.30. The van der Waals surface area contributed by atoms with Gasteiger partial charge in [-0.15, -0.1) is 11.3 Å². The normalized spacial score (nSPS) is 13.5. The van der Waals surface area contributed by atoms with E-state index in [9.17, 15) is 0 Å². The van der Waals surface area contributed by atoms with E-state index in [1.807, 2.05) is 18.2 Å². The molecule has 0 aliphatic rings. The van der Waals surface area contributed by atoms with E-state index in [0.29, 0.717) is 6.42 Å². The molecule has 2 rings (SSSR count). The van der Waals surface area contributed by atoms with E-state index < -0.39 is 0 Å². The summed E-state index contributed by atoms with van der Waals surface area (Å²) in [5, 5.41) is 14.1. The van der Waals surface area contributed by atoms with Gasteiger partial charge in [0.05, 0.1) is 0 Å². The van der Waals surface area contributed by atoms with E-state index in [0.717, 1.165) is 13.1 Å². The molecule has 2 aromatic rings. The van der Waals surface area contributed by atoms with E-state index in [4.69, 9.17) is 10.9 Å². The second-order valence-corrected chi connectivity index (χ2v) is 5.90. The van der Waals surface area contributed by atoms with E-state index in [1.165, 1.54) is 10.4 Å². The Kier molecular flexibility index (Phi) is 5.78. The van der Waals surface area contributed by atoms with Gasteiger partial charge >= 0.3 is 0 Å². The number of hydrogen-bond acceptors (Lipinski definition) is 4. The standard InChI is InChI=1S/C16H21N3OS/c1-2-19(12-14-9-6-10-21-14)15(11-16(17)18-20)13-7-4-3-5-8-13/h3-10,15,20H,2,11-12H2,1H3,(H2,17,18). The number of benzene rings is 1. The zero-order chi connectivity index (χ0) is 15.1. The summed E-state index contributed by atoms with van der Waals surface area (Å²) in [6.07, 6.45) is 0.514. The van der Waals surface area contributed by atoms with Gasteiger partial charge in [0, 0.05) is 23.9 Å². The van der Waals surface area contributed by atoms with Gasteiger partial charge in [0.15, 0.2) is 0 Å². The molecule has 21 heavy (non-hydrogen) atoms. The molecule has 0 saturated carbocycles. The molecule has 1 heterocycles. The number of thiophene rings is 1. The molecule has 1 atom stereocenters. The molecule has 0 radical (unpaired) electrons. The van der Waals surface area contributed by atoms with Crippen molar-refractivity contribution >= 4 is 17.2 Å². The zero-order valence-electron chi connectivity index (χ0n) is 12.1. The summed E-state index contributed by atoms with van der Waals surface area (Å²) in [5.74, 6) is 0.258. The molecule has 0 aliphatic heterocycles. The molecule has 0 amide bonds. The average Bonchev–Trinajstić information content (AvgIpc) is 3.04. The van der Waals surface area contributed by atoms with E-state index >= 15 is 0 Å². The molecule has 0 fully saturated rings. The van der Waals surface area contributed by atoms with Gasteiger partial charge in [-0.2, -0.15) is 0 Å². The maximum Gasteiger partial charge on any atom is 0.141 e. The SMILES string of the molecule is CCN(Cc1cccs1)C(CC(N)=NO)c1ccccc1. The molecule has 0 aliphatic carbocycles. The number of hydrogen-bond donors (Lipinski definition) is 2. The molecule has 0 spiro atoms. The predicted molar refractivity (Wildman–Crippen MR) is 87.6 cm³/mol. The molecular weight excluding hydrogens is 282 g/mol. The lowest BCUT2D eigenvalue weighted by atomic mass is 10.0. The molecule has 1 aromatic heterocycles. The van der Waals surface area contributed by atoms with Crippen molar-refractivity contribution in [3.8, 4) is 0 Å². The minimum atomic E-state index is 0.106. The number of oxime groups is 1. The number of nitrogens with two attached hydrogens (primary N) is 1. The van der Waals surface area contributed by atoms with Crippen LogP contribution in [0.2, 0.25) is 0 Å². The maximum absolute atomic E-state index is 8.89. The van der Waals surface area contributed by atoms with Crippen LogP contribution in [0.3, 0.4) is 0 Å². The van der Waals surface area contributed by atoms with Crippen LogP contribution >= 0.6 is 11.3 Å². The third-order valence-electron chi connectivity index (χ3n) is 3.50. The van der Waals surface area contributed by atoms with Gasteiger partial charge in [0.2, 0.25) is 0 Å². The Morgan fingerprint density at radius 3 is 2.62 bits per heavy atom. The lowest BCUT2D eigenvalue weighted by molar-refractivity contribution is 0.203. The van der Waals surface area contributed by atoms with Crippen LogP contribution in [-0.4, -0.2) is 22.5 Å². The van der Waals surface area contributed by atoms with Crippen LogP contribution in [-0.2, 0) is 6.54 Å². The topological polar surface area (TPSA) is 61.8 Å². The van der Waals surface area contributed by atoms with Crippen molar-refractivity contribution in [2.75, 3.05) is 6.54 Å². The summed E-state index contributed by atoms with van der Waals surface area (Å²) in [6.45, 7) is 3.90. The van der Waals surface area contributed by atoms with Gasteiger partial charge in [0.1, 0.15) is 5.84 Å². The highest BCUT2D eigenvalue weighted by atomic mass is 32.1. The molecule has 0 saturated heterocycles. The first-order chi connectivity index (χ1) is 10.2. The number of amidine groups is 1. The first-order valence-electron chi connectivity index (χ1n) is 7.02.